The van der Waals surface area contributed by atoms with Gasteiger partial charge in [-0.05, 0) is 19.1 Å². The predicted octanol–water partition coefficient (Wildman–Crippen LogP) is 0.437. The highest BCUT2D eigenvalue weighted by Gasteiger charge is 2.52. The second-order valence-corrected chi connectivity index (χ2v) is 4.74. The van der Waals surface area contributed by atoms with Crippen LogP contribution in [0.1, 0.15) is 13.3 Å². The molecular weight excluding hydrogens is 212 g/mol. The highest BCUT2D eigenvalue weighted by molar-refractivity contribution is 7.99. The molecule has 0 radical (unpaired) electrons. The number of thioether (sulfide) groups is 1. The quantitative estimate of drug-likeness (QED) is 0.519. The number of urea groups is 1. The van der Waals surface area contributed by atoms with Crippen LogP contribution in [0.5, 0.6) is 0 Å². The number of hydrogen-bond donors (Lipinski definition) is 1. The fourth-order valence-electron chi connectivity index (χ4n) is 1.81. The molecule has 5 heteroatoms. The van der Waals surface area contributed by atoms with Gasteiger partial charge in [0.2, 0.25) is 0 Å². The zero-order chi connectivity index (χ0) is 10.9. The summed E-state index contributed by atoms with van der Waals surface area (Å²) in [4.78, 5) is 24.8. The Balaban J connectivity index is 2.17. The van der Waals surface area contributed by atoms with Gasteiger partial charge in [0.05, 0.1) is 6.54 Å². The summed E-state index contributed by atoms with van der Waals surface area (Å²) in [6.45, 7) is 1.90. The van der Waals surface area contributed by atoms with E-state index in [9.17, 15) is 9.59 Å². The van der Waals surface area contributed by atoms with E-state index in [1.807, 2.05) is 0 Å². The van der Waals surface area contributed by atoms with Gasteiger partial charge in [-0.15, -0.1) is 5.92 Å². The van der Waals surface area contributed by atoms with Gasteiger partial charge in [0, 0.05) is 5.75 Å². The summed E-state index contributed by atoms with van der Waals surface area (Å²) < 4.78 is 0. The summed E-state index contributed by atoms with van der Waals surface area (Å²) in [5.74, 6) is 6.94. The summed E-state index contributed by atoms with van der Waals surface area (Å²) in [6.07, 6.45) is 0.734. The second kappa shape index (κ2) is 3.78. The lowest BCUT2D eigenvalue weighted by Gasteiger charge is -2.18. The topological polar surface area (TPSA) is 49.4 Å². The van der Waals surface area contributed by atoms with Gasteiger partial charge in [0.1, 0.15) is 5.54 Å². The first-order valence-electron chi connectivity index (χ1n) is 4.81. The Morgan fingerprint density at radius 1 is 1.60 bits per heavy atom. The molecule has 1 atom stereocenters. The third-order valence-corrected chi connectivity index (χ3v) is 3.87. The van der Waals surface area contributed by atoms with Crippen molar-refractivity contribution in [2.24, 2.45) is 0 Å². The molecule has 80 valence electrons. The van der Waals surface area contributed by atoms with Crippen LogP contribution in [-0.4, -0.2) is 40.4 Å². The molecule has 2 aliphatic rings. The first-order chi connectivity index (χ1) is 7.19. The van der Waals surface area contributed by atoms with E-state index in [4.69, 9.17) is 0 Å². The SMILES string of the molecule is CC#CCN1C(=O)NC2(CCSC2)C1=O. The van der Waals surface area contributed by atoms with Crippen LogP contribution >= 0.6 is 11.8 Å². The van der Waals surface area contributed by atoms with E-state index >= 15 is 0 Å². The number of amides is 3. The molecule has 0 saturated carbocycles. The maximum absolute atomic E-state index is 12.0. The fraction of sp³-hybridized carbons (Fsp3) is 0.600. The molecule has 2 heterocycles. The Bertz CT molecular complexity index is 363. The minimum absolute atomic E-state index is 0.111. The average molecular weight is 224 g/mol. The third kappa shape index (κ3) is 1.59. The van der Waals surface area contributed by atoms with Gasteiger partial charge in [0.25, 0.3) is 5.91 Å². The molecule has 2 saturated heterocycles. The van der Waals surface area contributed by atoms with Gasteiger partial charge in [-0.25, -0.2) is 4.79 Å². The molecular formula is C10H12N2O2S. The molecule has 0 aromatic carbocycles. The molecule has 2 rings (SSSR count). The maximum Gasteiger partial charge on any atom is 0.325 e. The minimum Gasteiger partial charge on any atom is -0.322 e. The van der Waals surface area contributed by atoms with E-state index in [0.717, 1.165) is 12.2 Å². The van der Waals surface area contributed by atoms with E-state index in [0.29, 0.717) is 5.75 Å². The van der Waals surface area contributed by atoms with Crippen molar-refractivity contribution in [3.63, 3.8) is 0 Å². The summed E-state index contributed by atoms with van der Waals surface area (Å²) in [7, 11) is 0. The van der Waals surface area contributed by atoms with Crippen LogP contribution in [0.3, 0.4) is 0 Å². The molecule has 1 N–H and O–H groups in total. The Morgan fingerprint density at radius 3 is 3.00 bits per heavy atom. The van der Waals surface area contributed by atoms with Gasteiger partial charge in [0.15, 0.2) is 0 Å². The van der Waals surface area contributed by atoms with E-state index < -0.39 is 5.54 Å². The Hall–Kier alpha value is -1.15. The summed E-state index contributed by atoms with van der Waals surface area (Å²) in [6, 6.07) is -0.301. The van der Waals surface area contributed by atoms with Crippen LogP contribution in [-0.2, 0) is 4.79 Å². The monoisotopic (exact) mass is 224 g/mol. The van der Waals surface area contributed by atoms with Gasteiger partial charge in [-0.2, -0.15) is 11.8 Å². The van der Waals surface area contributed by atoms with Crippen molar-refractivity contribution in [2.75, 3.05) is 18.1 Å². The first kappa shape index (κ1) is 10.4. The average Bonchev–Trinajstić information content (AvgIpc) is 2.75. The van der Waals surface area contributed by atoms with E-state index in [-0.39, 0.29) is 18.5 Å². The van der Waals surface area contributed by atoms with E-state index in [2.05, 4.69) is 17.2 Å². The van der Waals surface area contributed by atoms with Crippen LogP contribution in [0.15, 0.2) is 0 Å². The fourth-order valence-corrected chi connectivity index (χ4v) is 3.14. The lowest BCUT2D eigenvalue weighted by Crippen LogP contribution is -2.47. The van der Waals surface area contributed by atoms with Crippen LogP contribution in [0.4, 0.5) is 4.79 Å². The molecule has 0 bridgehead atoms. The van der Waals surface area contributed by atoms with Crippen molar-refractivity contribution in [3.8, 4) is 11.8 Å². The highest BCUT2D eigenvalue weighted by Crippen LogP contribution is 2.33. The maximum atomic E-state index is 12.0. The molecule has 0 aromatic heterocycles. The van der Waals surface area contributed by atoms with Crippen LogP contribution in [0.25, 0.3) is 0 Å². The number of carbonyl (C=O) groups is 2. The molecule has 3 amide bonds. The Labute approximate surface area is 92.8 Å². The summed E-state index contributed by atoms with van der Waals surface area (Å²) >= 11 is 1.70. The van der Waals surface area contributed by atoms with Crippen LogP contribution in [0, 0.1) is 11.8 Å². The van der Waals surface area contributed by atoms with Gasteiger partial charge < -0.3 is 5.32 Å². The van der Waals surface area contributed by atoms with Crippen LogP contribution in [0.2, 0.25) is 0 Å². The zero-order valence-corrected chi connectivity index (χ0v) is 9.32. The second-order valence-electron chi connectivity index (χ2n) is 3.63. The molecule has 4 nitrogen and oxygen atoms in total. The van der Waals surface area contributed by atoms with E-state index in [1.54, 1.807) is 18.7 Å². The lowest BCUT2D eigenvalue weighted by atomic mass is 9.99. The predicted molar refractivity (Wildman–Crippen MR) is 58.4 cm³/mol. The molecule has 15 heavy (non-hydrogen) atoms. The number of carbonyl (C=O) groups excluding carboxylic acids is 2. The highest BCUT2D eigenvalue weighted by atomic mass is 32.2. The van der Waals surface area contributed by atoms with Crippen molar-refractivity contribution in [1.82, 2.24) is 10.2 Å². The van der Waals surface area contributed by atoms with E-state index in [1.165, 1.54) is 4.90 Å². The van der Waals surface area contributed by atoms with Crippen molar-refractivity contribution >= 4 is 23.7 Å². The number of nitrogens with zero attached hydrogens (tertiary/aromatic N) is 1. The van der Waals surface area contributed by atoms with Crippen molar-refractivity contribution in [3.05, 3.63) is 0 Å². The number of nitrogens with one attached hydrogen (secondary N) is 1. The molecule has 0 aromatic rings. The summed E-state index contributed by atoms with van der Waals surface area (Å²) in [5, 5.41) is 2.79. The van der Waals surface area contributed by atoms with Gasteiger partial charge >= 0.3 is 6.03 Å². The lowest BCUT2D eigenvalue weighted by molar-refractivity contribution is -0.130. The molecule has 1 unspecified atom stereocenters. The molecule has 1 spiro atoms. The summed E-state index contributed by atoms with van der Waals surface area (Å²) in [5.41, 5.74) is -0.628. The Kier molecular flexibility index (Phi) is 2.61. The molecule has 0 aliphatic carbocycles. The molecule has 2 fully saturated rings. The smallest absolute Gasteiger partial charge is 0.322 e. The number of hydrogen-bond acceptors (Lipinski definition) is 3. The number of rotatable bonds is 1. The van der Waals surface area contributed by atoms with Crippen molar-refractivity contribution < 1.29 is 9.59 Å². The minimum atomic E-state index is -0.628. The number of imide groups is 1. The normalized spacial score (nSPS) is 29.3. The zero-order valence-electron chi connectivity index (χ0n) is 8.50. The van der Waals surface area contributed by atoms with Gasteiger partial charge in [-0.3, -0.25) is 9.69 Å². The Morgan fingerprint density at radius 2 is 2.40 bits per heavy atom. The third-order valence-electron chi connectivity index (χ3n) is 2.68. The molecule has 2 aliphatic heterocycles. The largest absolute Gasteiger partial charge is 0.325 e. The van der Waals surface area contributed by atoms with Crippen LogP contribution < -0.4 is 5.32 Å². The first-order valence-corrected chi connectivity index (χ1v) is 5.96. The van der Waals surface area contributed by atoms with Crippen molar-refractivity contribution in [2.45, 2.75) is 18.9 Å². The van der Waals surface area contributed by atoms with Gasteiger partial charge in [-0.1, -0.05) is 5.92 Å². The van der Waals surface area contributed by atoms with Crippen molar-refractivity contribution in [1.29, 1.82) is 0 Å². The standard InChI is InChI=1S/C10H12N2O2S/c1-2-3-5-12-8(13)10(11-9(12)14)4-6-15-7-10/h4-7H2,1H3,(H,11,14).